The molecule has 1 heterocycles. The Morgan fingerprint density at radius 3 is 2.35 bits per heavy atom. The van der Waals surface area contributed by atoms with Crippen LogP contribution < -0.4 is 4.74 Å². The summed E-state index contributed by atoms with van der Waals surface area (Å²) in [6.07, 6.45) is 11.9. The quantitative estimate of drug-likeness (QED) is 0.134. The zero-order chi connectivity index (χ0) is 30.7. The van der Waals surface area contributed by atoms with Crippen molar-refractivity contribution in [2.75, 3.05) is 59.6 Å². The Hall–Kier alpha value is -3.16. The molecule has 1 aliphatic heterocycles. The summed E-state index contributed by atoms with van der Waals surface area (Å²) in [5.41, 5.74) is 2.81. The number of hydrogen-bond acceptors (Lipinski definition) is 7. The topological polar surface area (TPSA) is 68.3 Å². The number of piperazine rings is 1. The van der Waals surface area contributed by atoms with Gasteiger partial charge >= 0.3 is 11.9 Å². The average Bonchev–Trinajstić information content (AvgIpc) is 3.01. The number of benzene rings is 2. The number of ether oxygens (including phenoxy) is 3. The van der Waals surface area contributed by atoms with E-state index in [0.717, 1.165) is 55.6 Å². The van der Waals surface area contributed by atoms with Gasteiger partial charge < -0.3 is 24.0 Å². The van der Waals surface area contributed by atoms with Gasteiger partial charge in [0, 0.05) is 38.2 Å². The monoisotopic (exact) mass is 592 g/mol. The van der Waals surface area contributed by atoms with Crippen LogP contribution in [0.15, 0.2) is 54.6 Å². The molecular formula is C36H52N2O5. The van der Waals surface area contributed by atoms with E-state index in [0.29, 0.717) is 25.2 Å². The molecule has 0 N–H and O–H groups in total. The van der Waals surface area contributed by atoms with Crippen molar-refractivity contribution in [3.8, 4) is 5.75 Å². The van der Waals surface area contributed by atoms with Crippen LogP contribution in [-0.4, -0.2) is 81.3 Å². The van der Waals surface area contributed by atoms with Crippen molar-refractivity contribution in [2.45, 2.75) is 65.2 Å². The number of nitrogens with zero attached hydrogens (tertiary/aromatic N) is 2. The molecule has 7 nitrogen and oxygen atoms in total. The number of hydrogen-bond donors (Lipinski definition) is 0. The molecule has 0 radical (unpaired) electrons. The van der Waals surface area contributed by atoms with Crippen LogP contribution in [-0.2, 0) is 20.7 Å². The van der Waals surface area contributed by atoms with E-state index >= 15 is 0 Å². The van der Waals surface area contributed by atoms with Crippen molar-refractivity contribution in [3.05, 3.63) is 71.3 Å². The molecule has 1 fully saturated rings. The minimum Gasteiger partial charge on any atom is -0.493 e. The smallest absolute Gasteiger partial charge is 0.338 e. The van der Waals surface area contributed by atoms with E-state index < -0.39 is 0 Å². The summed E-state index contributed by atoms with van der Waals surface area (Å²) in [5, 5.41) is 0. The van der Waals surface area contributed by atoms with E-state index in [4.69, 9.17) is 14.2 Å². The van der Waals surface area contributed by atoms with Crippen molar-refractivity contribution in [2.24, 2.45) is 5.92 Å². The number of allylic oxidation sites excluding steroid dienone is 1. The lowest BCUT2D eigenvalue weighted by Crippen LogP contribution is -2.44. The van der Waals surface area contributed by atoms with E-state index in [2.05, 4.69) is 35.1 Å². The fourth-order valence-electron chi connectivity index (χ4n) is 5.33. The maximum absolute atomic E-state index is 12.1. The molecule has 43 heavy (non-hydrogen) atoms. The summed E-state index contributed by atoms with van der Waals surface area (Å²) >= 11 is 0. The van der Waals surface area contributed by atoms with Gasteiger partial charge in [0.05, 0.1) is 25.4 Å². The SMILES string of the molecule is CCOC(=O)CCCCC(/C=C/c1ccccc1OCCCCCN1CCN(C)CC1)Cc1ccc(C(=O)OCC)cc1. The van der Waals surface area contributed by atoms with Gasteiger partial charge in [0.25, 0.3) is 0 Å². The summed E-state index contributed by atoms with van der Waals surface area (Å²) in [6.45, 7) is 11.0. The van der Waals surface area contributed by atoms with Crippen LogP contribution in [0.2, 0.25) is 0 Å². The van der Waals surface area contributed by atoms with Crippen molar-refractivity contribution in [1.82, 2.24) is 9.80 Å². The van der Waals surface area contributed by atoms with Crippen LogP contribution in [0, 0.1) is 5.92 Å². The third-order valence-electron chi connectivity index (χ3n) is 7.91. The first-order valence-corrected chi connectivity index (χ1v) is 16.2. The summed E-state index contributed by atoms with van der Waals surface area (Å²) in [4.78, 5) is 28.8. The number of esters is 2. The first-order chi connectivity index (χ1) is 21.0. The molecule has 0 saturated carbocycles. The zero-order valence-corrected chi connectivity index (χ0v) is 26.6. The highest BCUT2D eigenvalue weighted by molar-refractivity contribution is 5.89. The van der Waals surface area contributed by atoms with Crippen LogP contribution >= 0.6 is 0 Å². The van der Waals surface area contributed by atoms with Crippen LogP contribution in [0.1, 0.15) is 80.3 Å². The largest absolute Gasteiger partial charge is 0.493 e. The van der Waals surface area contributed by atoms with Crippen LogP contribution in [0.4, 0.5) is 0 Å². The van der Waals surface area contributed by atoms with Crippen LogP contribution in [0.3, 0.4) is 0 Å². The van der Waals surface area contributed by atoms with Gasteiger partial charge in [-0.3, -0.25) is 4.79 Å². The van der Waals surface area contributed by atoms with E-state index in [1.54, 1.807) is 0 Å². The molecule has 0 amide bonds. The Morgan fingerprint density at radius 1 is 0.860 bits per heavy atom. The first-order valence-electron chi connectivity index (χ1n) is 16.2. The Kier molecular flexibility index (Phi) is 15.9. The van der Waals surface area contributed by atoms with Gasteiger partial charge in [0.1, 0.15) is 5.75 Å². The number of para-hydroxylation sites is 1. The molecule has 0 bridgehead atoms. The van der Waals surface area contributed by atoms with E-state index in [1.807, 2.05) is 56.3 Å². The van der Waals surface area contributed by atoms with Crippen molar-refractivity contribution >= 4 is 18.0 Å². The number of likely N-dealkylation sites (N-methyl/N-ethyl adjacent to an activating group) is 1. The highest BCUT2D eigenvalue weighted by Gasteiger charge is 2.13. The van der Waals surface area contributed by atoms with Gasteiger partial charge in [0.15, 0.2) is 0 Å². The Balaban J connectivity index is 1.54. The van der Waals surface area contributed by atoms with Gasteiger partial charge in [-0.05, 0) is 95.6 Å². The van der Waals surface area contributed by atoms with Crippen LogP contribution in [0.5, 0.6) is 5.75 Å². The predicted molar refractivity (Wildman–Crippen MR) is 173 cm³/mol. The number of carbonyl (C=O) groups is 2. The fraction of sp³-hybridized carbons (Fsp3) is 0.556. The molecule has 7 heteroatoms. The molecule has 236 valence electrons. The lowest BCUT2D eigenvalue weighted by atomic mass is 9.92. The number of rotatable bonds is 19. The highest BCUT2D eigenvalue weighted by atomic mass is 16.5. The molecule has 0 spiro atoms. The third kappa shape index (κ3) is 13.3. The third-order valence-corrected chi connectivity index (χ3v) is 7.91. The second-order valence-electron chi connectivity index (χ2n) is 11.4. The molecular weight excluding hydrogens is 540 g/mol. The van der Waals surface area contributed by atoms with Crippen molar-refractivity contribution in [3.63, 3.8) is 0 Å². The maximum Gasteiger partial charge on any atom is 0.338 e. The normalized spacial score (nSPS) is 15.0. The summed E-state index contributed by atoms with van der Waals surface area (Å²) < 4.78 is 16.4. The van der Waals surface area contributed by atoms with Gasteiger partial charge in [-0.15, -0.1) is 0 Å². The molecule has 1 atom stereocenters. The molecule has 2 aromatic rings. The Morgan fingerprint density at radius 2 is 1.60 bits per heavy atom. The van der Waals surface area contributed by atoms with Gasteiger partial charge in [-0.1, -0.05) is 48.9 Å². The van der Waals surface area contributed by atoms with E-state index in [1.165, 1.54) is 45.6 Å². The van der Waals surface area contributed by atoms with E-state index in [-0.39, 0.29) is 17.9 Å². The minimum atomic E-state index is -0.295. The first kappa shape index (κ1) is 34.3. The molecule has 0 aliphatic carbocycles. The summed E-state index contributed by atoms with van der Waals surface area (Å²) in [5.74, 6) is 0.765. The molecule has 1 saturated heterocycles. The van der Waals surface area contributed by atoms with Gasteiger partial charge in [-0.25, -0.2) is 4.79 Å². The number of carbonyl (C=O) groups excluding carboxylic acids is 2. The molecule has 1 unspecified atom stereocenters. The zero-order valence-electron chi connectivity index (χ0n) is 26.6. The minimum absolute atomic E-state index is 0.130. The molecule has 2 aromatic carbocycles. The Labute approximate surface area is 259 Å². The van der Waals surface area contributed by atoms with Crippen molar-refractivity contribution < 1.29 is 23.8 Å². The molecule has 1 aliphatic rings. The fourth-order valence-corrected chi connectivity index (χ4v) is 5.33. The second kappa shape index (κ2) is 19.9. The summed E-state index contributed by atoms with van der Waals surface area (Å²) in [7, 11) is 2.20. The average molecular weight is 593 g/mol. The van der Waals surface area contributed by atoms with Gasteiger partial charge in [0.2, 0.25) is 0 Å². The lowest BCUT2D eigenvalue weighted by molar-refractivity contribution is -0.143. The maximum atomic E-state index is 12.1. The number of unbranched alkanes of at least 4 members (excludes halogenated alkanes) is 3. The van der Waals surface area contributed by atoms with E-state index in [9.17, 15) is 9.59 Å². The molecule has 3 rings (SSSR count). The second-order valence-corrected chi connectivity index (χ2v) is 11.4. The predicted octanol–water partition coefficient (Wildman–Crippen LogP) is 6.66. The van der Waals surface area contributed by atoms with Crippen molar-refractivity contribution in [1.29, 1.82) is 0 Å². The Bertz CT molecular complexity index is 1110. The van der Waals surface area contributed by atoms with Crippen LogP contribution in [0.25, 0.3) is 6.08 Å². The lowest BCUT2D eigenvalue weighted by Gasteiger charge is -2.32. The standard InChI is InChI=1S/C36H52N2O5/c1-4-41-35(39)16-10-7-13-30(29-31-18-21-33(22-19-31)36(40)42-5-2)17-20-32-14-8-9-15-34(32)43-28-12-6-11-23-38-26-24-37(3)25-27-38/h8-9,14-15,17-22,30H,4-7,10-13,16,23-29H2,1-3H3/b20-17+. The molecule has 0 aromatic heterocycles. The van der Waals surface area contributed by atoms with Gasteiger partial charge in [-0.2, -0.15) is 0 Å². The summed E-state index contributed by atoms with van der Waals surface area (Å²) in [6, 6.07) is 15.9. The highest BCUT2D eigenvalue weighted by Crippen LogP contribution is 2.24.